The number of β-amino-alcohol motifs (C(OH)–C–C–N with tert-alkyl or cyclic N) is 1. The van der Waals surface area contributed by atoms with Gasteiger partial charge in [0.25, 0.3) is 0 Å². The highest BCUT2D eigenvalue weighted by atomic mass is 19.1. The Morgan fingerprint density at radius 1 is 1.32 bits per heavy atom. The number of ether oxygens (including phenoxy) is 1. The van der Waals surface area contributed by atoms with Crippen molar-refractivity contribution < 1.29 is 19.0 Å². The molecule has 0 bridgehead atoms. The highest BCUT2D eigenvalue weighted by Crippen LogP contribution is 2.27. The molecule has 3 N–H and O–H groups in total. The molecule has 1 fully saturated rings. The number of amides is 1. The molecule has 0 aromatic heterocycles. The van der Waals surface area contributed by atoms with Gasteiger partial charge in [0.15, 0.2) is 11.6 Å². The molecule has 2 aromatic rings. The number of rotatable bonds is 5. The van der Waals surface area contributed by atoms with Crippen LogP contribution in [0.15, 0.2) is 48.5 Å². The molecule has 3 rings (SSSR count). The molecule has 0 radical (unpaired) electrons. The molecule has 3 atom stereocenters. The van der Waals surface area contributed by atoms with Gasteiger partial charge < -0.3 is 20.5 Å². The van der Waals surface area contributed by atoms with Crippen LogP contribution in [0.25, 0.3) is 0 Å². The third-order valence-electron chi connectivity index (χ3n) is 4.21. The molecule has 6 heteroatoms. The summed E-state index contributed by atoms with van der Waals surface area (Å²) in [4.78, 5) is 12.2. The Balaban J connectivity index is 1.64. The lowest BCUT2D eigenvalue weighted by atomic mass is 10.1. The van der Waals surface area contributed by atoms with E-state index < -0.39 is 18.0 Å². The largest absolute Gasteiger partial charge is 0.454 e. The van der Waals surface area contributed by atoms with Crippen molar-refractivity contribution in [1.82, 2.24) is 10.6 Å². The van der Waals surface area contributed by atoms with Crippen LogP contribution < -0.4 is 15.4 Å². The molecule has 1 aliphatic heterocycles. The van der Waals surface area contributed by atoms with Crippen molar-refractivity contribution in [3.8, 4) is 11.5 Å². The summed E-state index contributed by atoms with van der Waals surface area (Å²) in [5.41, 5.74) is 0.643. The summed E-state index contributed by atoms with van der Waals surface area (Å²) < 4.78 is 19.8. The van der Waals surface area contributed by atoms with Gasteiger partial charge in [-0.3, -0.25) is 4.79 Å². The molecule has 0 spiro atoms. The van der Waals surface area contributed by atoms with Crippen LogP contribution in [0.4, 0.5) is 4.39 Å². The minimum atomic E-state index is -0.502. The summed E-state index contributed by atoms with van der Waals surface area (Å²) in [6.07, 6.45) is -0.116. The normalized spacial score (nSPS) is 20.9. The summed E-state index contributed by atoms with van der Waals surface area (Å²) in [6, 6.07) is 12.9. The van der Waals surface area contributed by atoms with Gasteiger partial charge in [0.05, 0.1) is 18.2 Å². The lowest BCUT2D eigenvalue weighted by molar-refractivity contribution is -0.123. The monoisotopic (exact) mass is 344 g/mol. The predicted molar refractivity (Wildman–Crippen MR) is 91.9 cm³/mol. The molecule has 2 aromatic carbocycles. The number of para-hydroxylation sites is 1. The number of benzene rings is 2. The van der Waals surface area contributed by atoms with Crippen LogP contribution in [0.3, 0.4) is 0 Å². The van der Waals surface area contributed by atoms with E-state index in [9.17, 15) is 14.3 Å². The quantitative estimate of drug-likeness (QED) is 0.779. The van der Waals surface area contributed by atoms with Crippen molar-refractivity contribution >= 4 is 5.91 Å². The lowest BCUT2D eigenvalue weighted by Crippen LogP contribution is -2.41. The van der Waals surface area contributed by atoms with Gasteiger partial charge in [0.2, 0.25) is 5.91 Å². The SMILES string of the molecule is CC(NC(=O)[C@H]1C[C@H](O)CN1)c1ccc(Oc2ccccc2)c(F)c1. The van der Waals surface area contributed by atoms with E-state index in [1.165, 1.54) is 6.07 Å². The van der Waals surface area contributed by atoms with Gasteiger partial charge in [-0.05, 0) is 43.2 Å². The molecule has 1 amide bonds. The Hall–Kier alpha value is -2.44. The minimum Gasteiger partial charge on any atom is -0.454 e. The zero-order valence-electron chi connectivity index (χ0n) is 13.9. The predicted octanol–water partition coefficient (Wildman–Crippen LogP) is 2.52. The van der Waals surface area contributed by atoms with Crippen molar-refractivity contribution in [3.05, 3.63) is 59.9 Å². The van der Waals surface area contributed by atoms with Gasteiger partial charge in [-0.1, -0.05) is 24.3 Å². The van der Waals surface area contributed by atoms with Gasteiger partial charge in [0.1, 0.15) is 5.75 Å². The molecule has 5 nitrogen and oxygen atoms in total. The number of aliphatic hydroxyl groups is 1. The van der Waals surface area contributed by atoms with E-state index in [4.69, 9.17) is 4.74 Å². The van der Waals surface area contributed by atoms with Crippen molar-refractivity contribution in [1.29, 1.82) is 0 Å². The first-order chi connectivity index (χ1) is 12.0. The second-order valence-electron chi connectivity index (χ2n) is 6.19. The van der Waals surface area contributed by atoms with Crippen molar-refractivity contribution in [2.24, 2.45) is 0 Å². The van der Waals surface area contributed by atoms with Crippen LogP contribution in [-0.4, -0.2) is 29.7 Å². The number of carbonyl (C=O) groups is 1. The van der Waals surface area contributed by atoms with Crippen LogP contribution in [0, 0.1) is 5.82 Å². The van der Waals surface area contributed by atoms with Crippen LogP contribution in [0.5, 0.6) is 11.5 Å². The van der Waals surface area contributed by atoms with Gasteiger partial charge in [-0.2, -0.15) is 0 Å². The number of nitrogens with one attached hydrogen (secondary N) is 2. The van der Waals surface area contributed by atoms with Crippen LogP contribution >= 0.6 is 0 Å². The molecular formula is C19H21FN2O3. The molecule has 132 valence electrons. The van der Waals surface area contributed by atoms with E-state index >= 15 is 0 Å². The number of halogens is 1. The third kappa shape index (κ3) is 4.35. The smallest absolute Gasteiger partial charge is 0.237 e. The van der Waals surface area contributed by atoms with Gasteiger partial charge >= 0.3 is 0 Å². The Morgan fingerprint density at radius 2 is 2.08 bits per heavy atom. The maximum absolute atomic E-state index is 14.3. The molecule has 1 aliphatic rings. The van der Waals surface area contributed by atoms with Crippen LogP contribution in [-0.2, 0) is 4.79 Å². The van der Waals surface area contributed by atoms with E-state index in [0.29, 0.717) is 24.3 Å². The molecule has 0 saturated carbocycles. The van der Waals surface area contributed by atoms with Crippen molar-refractivity contribution in [2.45, 2.75) is 31.5 Å². The van der Waals surface area contributed by atoms with Gasteiger partial charge in [0, 0.05) is 6.54 Å². The molecule has 0 aliphatic carbocycles. The van der Waals surface area contributed by atoms with Crippen LogP contribution in [0.1, 0.15) is 24.9 Å². The molecule has 1 heterocycles. The average molecular weight is 344 g/mol. The fourth-order valence-electron chi connectivity index (χ4n) is 2.80. The Kier molecular flexibility index (Phi) is 5.31. The average Bonchev–Trinajstić information content (AvgIpc) is 3.04. The van der Waals surface area contributed by atoms with Crippen molar-refractivity contribution in [3.63, 3.8) is 0 Å². The zero-order valence-corrected chi connectivity index (χ0v) is 13.9. The summed E-state index contributed by atoms with van der Waals surface area (Å²) in [5, 5.41) is 15.3. The first-order valence-corrected chi connectivity index (χ1v) is 8.27. The maximum atomic E-state index is 14.3. The van der Waals surface area contributed by atoms with E-state index in [1.807, 2.05) is 18.2 Å². The first kappa shape index (κ1) is 17.4. The maximum Gasteiger partial charge on any atom is 0.237 e. The Morgan fingerprint density at radius 3 is 2.72 bits per heavy atom. The second kappa shape index (κ2) is 7.63. The fourth-order valence-corrected chi connectivity index (χ4v) is 2.80. The summed E-state index contributed by atoms with van der Waals surface area (Å²) in [7, 11) is 0. The summed E-state index contributed by atoms with van der Waals surface area (Å²) in [5.74, 6) is 0.00126. The second-order valence-corrected chi connectivity index (χ2v) is 6.19. The number of hydrogen-bond donors (Lipinski definition) is 3. The van der Waals surface area contributed by atoms with E-state index in [-0.39, 0.29) is 17.7 Å². The topological polar surface area (TPSA) is 70.6 Å². The standard InChI is InChI=1S/C19H21FN2O3/c1-12(22-19(24)17-10-14(23)11-21-17)13-7-8-18(16(20)9-13)25-15-5-3-2-4-6-15/h2-9,12,14,17,21,23H,10-11H2,1H3,(H,22,24)/t12?,14-,17+/m0/s1. The van der Waals surface area contributed by atoms with Gasteiger partial charge in [-0.25, -0.2) is 4.39 Å². The molecular weight excluding hydrogens is 323 g/mol. The lowest BCUT2D eigenvalue weighted by Gasteiger charge is -2.18. The van der Waals surface area contributed by atoms with Gasteiger partial charge in [-0.15, -0.1) is 0 Å². The highest BCUT2D eigenvalue weighted by Gasteiger charge is 2.28. The molecule has 1 unspecified atom stereocenters. The van der Waals surface area contributed by atoms with Crippen molar-refractivity contribution in [2.75, 3.05) is 6.54 Å². The summed E-state index contributed by atoms with van der Waals surface area (Å²) >= 11 is 0. The Bertz CT molecular complexity index is 739. The number of carbonyl (C=O) groups excluding carboxylic acids is 1. The number of aliphatic hydroxyl groups excluding tert-OH is 1. The molecule has 25 heavy (non-hydrogen) atoms. The Labute approximate surface area is 145 Å². The van der Waals surface area contributed by atoms with E-state index in [2.05, 4.69) is 10.6 Å². The van der Waals surface area contributed by atoms with Crippen LogP contribution in [0.2, 0.25) is 0 Å². The van der Waals surface area contributed by atoms with E-state index in [0.717, 1.165) is 0 Å². The minimum absolute atomic E-state index is 0.133. The summed E-state index contributed by atoms with van der Waals surface area (Å²) in [6.45, 7) is 2.20. The first-order valence-electron chi connectivity index (χ1n) is 8.27. The zero-order chi connectivity index (χ0) is 17.8. The molecule has 1 saturated heterocycles. The third-order valence-corrected chi connectivity index (χ3v) is 4.21. The number of hydrogen-bond acceptors (Lipinski definition) is 4. The highest BCUT2D eigenvalue weighted by molar-refractivity contribution is 5.82. The van der Waals surface area contributed by atoms with E-state index in [1.54, 1.807) is 31.2 Å². The fraction of sp³-hybridized carbons (Fsp3) is 0.316.